The smallest absolute Gasteiger partial charge is 0.183 e. The number of methoxy groups -OCH3 is 1. The van der Waals surface area contributed by atoms with Gasteiger partial charge in [0.25, 0.3) is 0 Å². The van der Waals surface area contributed by atoms with E-state index in [4.69, 9.17) is 10.1 Å². The summed E-state index contributed by atoms with van der Waals surface area (Å²) in [5.74, 6) is 0.291. The highest BCUT2D eigenvalue weighted by Gasteiger charge is 1.98. The average molecular weight is 197 g/mol. The Balaban J connectivity index is 2.35. The molecule has 0 aliphatic heterocycles. The normalized spacial score (nSPS) is 9.57. The quantitative estimate of drug-likeness (QED) is 0.594. The van der Waals surface area contributed by atoms with Crippen molar-refractivity contribution in [2.45, 2.75) is 6.42 Å². The van der Waals surface area contributed by atoms with E-state index in [9.17, 15) is 4.39 Å². The Kier molecular flexibility index (Phi) is 3.91. The fourth-order valence-electron chi connectivity index (χ4n) is 0.920. The molecule has 1 aromatic carbocycles. The molecule has 0 unspecified atom stereocenters. The third-order valence-corrected chi connectivity index (χ3v) is 1.64. The van der Waals surface area contributed by atoms with E-state index in [0.29, 0.717) is 18.8 Å². The zero-order valence-electron chi connectivity index (χ0n) is 7.92. The summed E-state index contributed by atoms with van der Waals surface area (Å²) < 4.78 is 22.5. The molecule has 0 aromatic heterocycles. The molecule has 0 atom stereocenters. The van der Waals surface area contributed by atoms with Gasteiger partial charge in [-0.05, 0) is 12.1 Å². The maximum atomic E-state index is 12.7. The molecule has 0 radical (unpaired) electrons. The zero-order chi connectivity index (χ0) is 10.4. The van der Waals surface area contributed by atoms with E-state index in [-0.39, 0.29) is 11.7 Å². The third kappa shape index (κ3) is 3.43. The molecule has 0 bridgehead atoms. The standard InChI is InChI=1S/C10H12FNO2/c1-13-10(12)5-6-14-9-4-2-3-8(11)7-9/h2-4,7,12H,5-6H2,1H3. The van der Waals surface area contributed by atoms with Gasteiger partial charge in [0, 0.05) is 6.07 Å². The Morgan fingerprint density at radius 3 is 2.93 bits per heavy atom. The van der Waals surface area contributed by atoms with Gasteiger partial charge >= 0.3 is 0 Å². The van der Waals surface area contributed by atoms with Crippen LogP contribution in [0, 0.1) is 11.2 Å². The van der Waals surface area contributed by atoms with Gasteiger partial charge in [-0.2, -0.15) is 0 Å². The summed E-state index contributed by atoms with van der Waals surface area (Å²) in [6.45, 7) is 0.316. The number of rotatable bonds is 4. The van der Waals surface area contributed by atoms with Crippen LogP contribution in [0.4, 0.5) is 4.39 Å². The van der Waals surface area contributed by atoms with Gasteiger partial charge in [0.1, 0.15) is 11.6 Å². The molecule has 0 spiro atoms. The van der Waals surface area contributed by atoms with Crippen LogP contribution in [0.5, 0.6) is 5.75 Å². The highest BCUT2D eigenvalue weighted by atomic mass is 19.1. The second-order valence-corrected chi connectivity index (χ2v) is 2.68. The van der Waals surface area contributed by atoms with Crippen LogP contribution in [0.3, 0.4) is 0 Å². The van der Waals surface area contributed by atoms with Crippen molar-refractivity contribution in [2.24, 2.45) is 0 Å². The van der Waals surface area contributed by atoms with Crippen LogP contribution in [0.15, 0.2) is 24.3 Å². The molecule has 0 aliphatic rings. The Morgan fingerprint density at radius 1 is 1.50 bits per heavy atom. The number of nitrogens with one attached hydrogen (secondary N) is 1. The Hall–Kier alpha value is -1.58. The molecule has 0 heterocycles. The Labute approximate surface area is 82.0 Å². The minimum absolute atomic E-state index is 0.154. The van der Waals surface area contributed by atoms with E-state index < -0.39 is 0 Å². The molecule has 76 valence electrons. The van der Waals surface area contributed by atoms with Gasteiger partial charge in [-0.25, -0.2) is 4.39 Å². The summed E-state index contributed by atoms with van der Waals surface area (Å²) in [6.07, 6.45) is 0.382. The van der Waals surface area contributed by atoms with Crippen molar-refractivity contribution in [3.8, 4) is 5.75 Å². The lowest BCUT2D eigenvalue weighted by Crippen LogP contribution is -2.06. The molecule has 3 nitrogen and oxygen atoms in total. The maximum Gasteiger partial charge on any atom is 0.183 e. The number of hydrogen-bond donors (Lipinski definition) is 1. The zero-order valence-corrected chi connectivity index (χ0v) is 7.92. The summed E-state index contributed by atoms with van der Waals surface area (Å²) in [6, 6.07) is 5.90. The molecule has 14 heavy (non-hydrogen) atoms. The second-order valence-electron chi connectivity index (χ2n) is 2.68. The minimum atomic E-state index is -0.329. The van der Waals surface area contributed by atoms with Crippen LogP contribution in [0.25, 0.3) is 0 Å². The minimum Gasteiger partial charge on any atom is -0.493 e. The van der Waals surface area contributed by atoms with E-state index in [1.807, 2.05) is 0 Å². The average Bonchev–Trinajstić information content (AvgIpc) is 2.17. The van der Waals surface area contributed by atoms with Gasteiger partial charge in [0.05, 0.1) is 20.1 Å². The predicted molar refractivity (Wildman–Crippen MR) is 51.2 cm³/mol. The van der Waals surface area contributed by atoms with E-state index in [1.165, 1.54) is 19.2 Å². The summed E-state index contributed by atoms with van der Waals surface area (Å²) in [5.41, 5.74) is 0. The fraction of sp³-hybridized carbons (Fsp3) is 0.300. The van der Waals surface area contributed by atoms with E-state index in [2.05, 4.69) is 4.74 Å². The highest BCUT2D eigenvalue weighted by Crippen LogP contribution is 2.11. The van der Waals surface area contributed by atoms with E-state index >= 15 is 0 Å². The van der Waals surface area contributed by atoms with Gasteiger partial charge in [0.2, 0.25) is 0 Å². The molecular formula is C10H12FNO2. The van der Waals surface area contributed by atoms with Crippen LogP contribution in [0.1, 0.15) is 6.42 Å². The molecule has 0 fully saturated rings. The van der Waals surface area contributed by atoms with Gasteiger partial charge in [-0.3, -0.25) is 5.41 Å². The van der Waals surface area contributed by atoms with Crippen LogP contribution in [-0.2, 0) is 4.74 Å². The van der Waals surface area contributed by atoms with Crippen LogP contribution in [0.2, 0.25) is 0 Å². The van der Waals surface area contributed by atoms with Crippen molar-refractivity contribution in [3.05, 3.63) is 30.1 Å². The molecule has 1 N–H and O–H groups in total. The third-order valence-electron chi connectivity index (χ3n) is 1.64. The largest absolute Gasteiger partial charge is 0.493 e. The monoisotopic (exact) mass is 197 g/mol. The molecule has 1 rings (SSSR count). The van der Waals surface area contributed by atoms with Crippen LogP contribution >= 0.6 is 0 Å². The summed E-state index contributed by atoms with van der Waals surface area (Å²) in [4.78, 5) is 0. The summed E-state index contributed by atoms with van der Waals surface area (Å²) >= 11 is 0. The fourth-order valence-corrected chi connectivity index (χ4v) is 0.920. The Morgan fingerprint density at radius 2 is 2.29 bits per heavy atom. The Bertz CT molecular complexity index is 315. The SMILES string of the molecule is COC(=N)CCOc1cccc(F)c1. The van der Waals surface area contributed by atoms with Crippen LogP contribution < -0.4 is 4.74 Å². The summed E-state index contributed by atoms with van der Waals surface area (Å²) in [5, 5.41) is 7.17. The number of benzene rings is 1. The van der Waals surface area contributed by atoms with Gasteiger partial charge < -0.3 is 9.47 Å². The van der Waals surface area contributed by atoms with E-state index in [1.54, 1.807) is 12.1 Å². The number of hydrogen-bond acceptors (Lipinski definition) is 3. The van der Waals surface area contributed by atoms with Crippen molar-refractivity contribution >= 4 is 5.90 Å². The van der Waals surface area contributed by atoms with E-state index in [0.717, 1.165) is 0 Å². The van der Waals surface area contributed by atoms with Gasteiger partial charge in [-0.15, -0.1) is 0 Å². The van der Waals surface area contributed by atoms with Gasteiger partial charge in [0.15, 0.2) is 5.90 Å². The first kappa shape index (κ1) is 10.5. The lowest BCUT2D eigenvalue weighted by Gasteiger charge is -2.05. The molecule has 1 aromatic rings. The van der Waals surface area contributed by atoms with Gasteiger partial charge in [-0.1, -0.05) is 6.07 Å². The molecule has 0 saturated carbocycles. The maximum absolute atomic E-state index is 12.7. The molecule has 0 aliphatic carbocycles. The lowest BCUT2D eigenvalue weighted by atomic mass is 10.3. The van der Waals surface area contributed by atoms with Crippen molar-refractivity contribution in [3.63, 3.8) is 0 Å². The molecule has 0 saturated heterocycles. The lowest BCUT2D eigenvalue weighted by molar-refractivity contribution is 0.306. The van der Waals surface area contributed by atoms with Crippen molar-refractivity contribution in [2.75, 3.05) is 13.7 Å². The first-order valence-corrected chi connectivity index (χ1v) is 4.22. The van der Waals surface area contributed by atoms with Crippen molar-refractivity contribution in [1.82, 2.24) is 0 Å². The first-order valence-electron chi connectivity index (χ1n) is 4.22. The van der Waals surface area contributed by atoms with Crippen molar-refractivity contribution < 1.29 is 13.9 Å². The highest BCUT2D eigenvalue weighted by molar-refractivity contribution is 5.72. The topological polar surface area (TPSA) is 42.3 Å². The first-order chi connectivity index (χ1) is 6.72. The second kappa shape index (κ2) is 5.21. The van der Waals surface area contributed by atoms with Crippen molar-refractivity contribution in [1.29, 1.82) is 5.41 Å². The summed E-state index contributed by atoms with van der Waals surface area (Å²) in [7, 11) is 1.44. The molecule has 0 amide bonds. The van der Waals surface area contributed by atoms with Crippen LogP contribution in [-0.4, -0.2) is 19.6 Å². The molecular weight excluding hydrogens is 185 g/mol. The number of halogens is 1. The number of ether oxygens (including phenoxy) is 2. The predicted octanol–water partition coefficient (Wildman–Crippen LogP) is 2.22. The molecule has 4 heteroatoms.